The summed E-state index contributed by atoms with van der Waals surface area (Å²) in [7, 11) is 0. The maximum atomic E-state index is 11.9. The van der Waals surface area contributed by atoms with E-state index in [0.29, 0.717) is 10.8 Å². The van der Waals surface area contributed by atoms with Crippen LogP contribution in [0.2, 0.25) is 0 Å². The zero-order valence-corrected chi connectivity index (χ0v) is 9.80. The monoisotopic (exact) mass is 247 g/mol. The first kappa shape index (κ1) is 12.3. The predicted octanol–water partition coefficient (Wildman–Crippen LogP) is 0.0337. The molecule has 0 fully saturated rings. The number of aromatic nitrogens is 2. The smallest absolute Gasteiger partial charge is 0.272 e. The van der Waals surface area contributed by atoms with Gasteiger partial charge in [0.15, 0.2) is 5.69 Å². The quantitative estimate of drug-likeness (QED) is 0.713. The average Bonchev–Trinajstić information content (AvgIpc) is 2.37. The van der Waals surface area contributed by atoms with Gasteiger partial charge in [-0.25, -0.2) is 5.10 Å². The number of aromatic amines is 1. The van der Waals surface area contributed by atoms with Crippen molar-refractivity contribution in [2.24, 2.45) is 0 Å². The van der Waals surface area contributed by atoms with Gasteiger partial charge in [0.2, 0.25) is 0 Å². The van der Waals surface area contributed by atoms with Gasteiger partial charge in [-0.3, -0.25) is 9.59 Å². The molecule has 2 aromatic rings. The second kappa shape index (κ2) is 4.97. The number of H-pyrrole nitrogens is 1. The summed E-state index contributed by atoms with van der Waals surface area (Å²) < 4.78 is 0. The first-order valence-corrected chi connectivity index (χ1v) is 5.53. The Hall–Kier alpha value is -2.21. The van der Waals surface area contributed by atoms with Gasteiger partial charge in [-0.1, -0.05) is 18.2 Å². The van der Waals surface area contributed by atoms with E-state index < -0.39 is 12.0 Å². The van der Waals surface area contributed by atoms with E-state index in [9.17, 15) is 9.59 Å². The van der Waals surface area contributed by atoms with Crippen molar-refractivity contribution in [1.29, 1.82) is 0 Å². The highest BCUT2D eigenvalue weighted by molar-refractivity contribution is 6.04. The maximum Gasteiger partial charge on any atom is 0.272 e. The Balaban J connectivity index is 2.43. The van der Waals surface area contributed by atoms with Crippen molar-refractivity contribution in [3.63, 3.8) is 0 Å². The topological polar surface area (TPSA) is 95.1 Å². The number of hydrogen-bond donors (Lipinski definition) is 3. The van der Waals surface area contributed by atoms with Crippen LogP contribution in [0.4, 0.5) is 0 Å². The SMILES string of the molecule is CC(O)CNC(=O)c1n[nH]c(=O)c2ccccc12. The minimum Gasteiger partial charge on any atom is -0.392 e. The van der Waals surface area contributed by atoms with Crippen LogP contribution in [-0.2, 0) is 0 Å². The summed E-state index contributed by atoms with van der Waals surface area (Å²) in [6.07, 6.45) is -0.636. The summed E-state index contributed by atoms with van der Waals surface area (Å²) in [5, 5.41) is 18.6. The van der Waals surface area contributed by atoms with Gasteiger partial charge in [-0.05, 0) is 13.0 Å². The molecule has 0 aliphatic carbocycles. The molecule has 1 heterocycles. The number of carbonyl (C=O) groups excluding carboxylic acids is 1. The van der Waals surface area contributed by atoms with Crippen LogP contribution >= 0.6 is 0 Å². The predicted molar refractivity (Wildman–Crippen MR) is 66.4 cm³/mol. The van der Waals surface area contributed by atoms with Gasteiger partial charge in [0.25, 0.3) is 11.5 Å². The van der Waals surface area contributed by atoms with E-state index in [0.717, 1.165) is 0 Å². The van der Waals surface area contributed by atoms with E-state index in [1.807, 2.05) is 0 Å². The summed E-state index contributed by atoms with van der Waals surface area (Å²) in [4.78, 5) is 23.4. The fourth-order valence-electron chi connectivity index (χ4n) is 1.61. The van der Waals surface area contributed by atoms with Gasteiger partial charge < -0.3 is 10.4 Å². The molecule has 1 amide bonds. The van der Waals surface area contributed by atoms with Crippen LogP contribution in [0.25, 0.3) is 10.8 Å². The average molecular weight is 247 g/mol. The molecule has 3 N–H and O–H groups in total. The van der Waals surface area contributed by atoms with Crippen molar-refractivity contribution in [2.45, 2.75) is 13.0 Å². The van der Waals surface area contributed by atoms with Gasteiger partial charge in [0.1, 0.15) is 0 Å². The number of amides is 1. The summed E-state index contributed by atoms with van der Waals surface area (Å²) in [6, 6.07) is 6.74. The lowest BCUT2D eigenvalue weighted by atomic mass is 10.1. The number of nitrogens with zero attached hydrogens (tertiary/aromatic N) is 1. The fourth-order valence-corrected chi connectivity index (χ4v) is 1.61. The molecular formula is C12H13N3O3. The Morgan fingerprint density at radius 3 is 2.78 bits per heavy atom. The second-order valence-electron chi connectivity index (χ2n) is 4.01. The van der Waals surface area contributed by atoms with Crippen molar-refractivity contribution in [3.8, 4) is 0 Å². The highest BCUT2D eigenvalue weighted by Crippen LogP contribution is 2.11. The number of carbonyl (C=O) groups is 1. The van der Waals surface area contributed by atoms with Crippen LogP contribution < -0.4 is 10.9 Å². The zero-order chi connectivity index (χ0) is 13.1. The number of benzene rings is 1. The molecule has 0 saturated heterocycles. The Morgan fingerprint density at radius 1 is 1.44 bits per heavy atom. The summed E-state index contributed by atoms with van der Waals surface area (Å²) in [5.41, 5.74) is -0.191. The third-order valence-electron chi connectivity index (χ3n) is 2.47. The molecular weight excluding hydrogens is 234 g/mol. The van der Waals surface area contributed by atoms with Crippen molar-refractivity contribution in [1.82, 2.24) is 15.5 Å². The molecule has 1 atom stereocenters. The third kappa shape index (κ3) is 2.38. The summed E-state index contributed by atoms with van der Waals surface area (Å²) in [5.74, 6) is -0.427. The number of fused-ring (bicyclic) bond motifs is 1. The number of aliphatic hydroxyl groups is 1. The standard InChI is InChI=1S/C12H13N3O3/c1-7(16)6-13-12(18)10-8-4-2-3-5-9(8)11(17)15-14-10/h2-5,7,16H,6H2,1H3,(H,13,18)(H,15,17). The summed E-state index contributed by atoms with van der Waals surface area (Å²) >= 11 is 0. The zero-order valence-electron chi connectivity index (χ0n) is 9.80. The molecule has 6 heteroatoms. The van der Waals surface area contributed by atoms with E-state index in [4.69, 9.17) is 5.11 Å². The molecule has 0 radical (unpaired) electrons. The third-order valence-corrected chi connectivity index (χ3v) is 2.47. The second-order valence-corrected chi connectivity index (χ2v) is 4.01. The minimum absolute atomic E-state index is 0.133. The number of rotatable bonds is 3. The van der Waals surface area contributed by atoms with Gasteiger partial charge >= 0.3 is 0 Å². The van der Waals surface area contributed by atoms with Crippen LogP contribution in [0.15, 0.2) is 29.1 Å². The molecule has 0 aliphatic rings. The van der Waals surface area contributed by atoms with Crippen molar-refractivity contribution in [2.75, 3.05) is 6.54 Å². The van der Waals surface area contributed by atoms with Gasteiger partial charge in [0.05, 0.1) is 11.5 Å². The van der Waals surface area contributed by atoms with Crippen LogP contribution in [0.3, 0.4) is 0 Å². The van der Waals surface area contributed by atoms with E-state index in [-0.39, 0.29) is 17.8 Å². The lowest BCUT2D eigenvalue weighted by molar-refractivity contribution is 0.0920. The van der Waals surface area contributed by atoms with Crippen molar-refractivity contribution in [3.05, 3.63) is 40.3 Å². The minimum atomic E-state index is -0.636. The number of aliphatic hydroxyl groups excluding tert-OH is 1. The molecule has 2 rings (SSSR count). The summed E-state index contributed by atoms with van der Waals surface area (Å²) in [6.45, 7) is 1.70. The molecule has 1 aromatic heterocycles. The Morgan fingerprint density at radius 2 is 2.11 bits per heavy atom. The van der Waals surface area contributed by atoms with Crippen LogP contribution in [0, 0.1) is 0 Å². The molecule has 0 spiro atoms. The Labute approximate surface area is 103 Å². The molecule has 6 nitrogen and oxygen atoms in total. The molecule has 0 saturated carbocycles. The van der Waals surface area contributed by atoms with Crippen LogP contribution in [-0.4, -0.2) is 33.9 Å². The Kier molecular flexibility index (Phi) is 3.38. The van der Waals surface area contributed by atoms with Crippen molar-refractivity contribution < 1.29 is 9.90 Å². The highest BCUT2D eigenvalue weighted by Gasteiger charge is 2.13. The molecule has 1 aromatic carbocycles. The normalized spacial score (nSPS) is 12.3. The highest BCUT2D eigenvalue weighted by atomic mass is 16.3. The fraction of sp³-hybridized carbons (Fsp3) is 0.250. The van der Waals surface area contributed by atoms with E-state index >= 15 is 0 Å². The lowest BCUT2D eigenvalue weighted by Gasteiger charge is -2.07. The Bertz CT molecular complexity index is 634. The van der Waals surface area contributed by atoms with Gasteiger partial charge in [-0.15, -0.1) is 0 Å². The molecule has 1 unspecified atom stereocenters. The van der Waals surface area contributed by atoms with Crippen LogP contribution in [0.5, 0.6) is 0 Å². The van der Waals surface area contributed by atoms with E-state index in [1.54, 1.807) is 31.2 Å². The number of nitrogens with one attached hydrogen (secondary N) is 2. The largest absolute Gasteiger partial charge is 0.392 e. The van der Waals surface area contributed by atoms with Crippen LogP contribution in [0.1, 0.15) is 17.4 Å². The lowest BCUT2D eigenvalue weighted by Crippen LogP contribution is -2.32. The molecule has 94 valence electrons. The van der Waals surface area contributed by atoms with Crippen molar-refractivity contribution >= 4 is 16.7 Å². The molecule has 0 aliphatic heterocycles. The molecule has 0 bridgehead atoms. The van der Waals surface area contributed by atoms with E-state index in [1.165, 1.54) is 0 Å². The van der Waals surface area contributed by atoms with Gasteiger partial charge in [-0.2, -0.15) is 5.10 Å². The first-order valence-electron chi connectivity index (χ1n) is 5.53. The van der Waals surface area contributed by atoms with E-state index in [2.05, 4.69) is 15.5 Å². The first-order chi connectivity index (χ1) is 8.59. The van der Waals surface area contributed by atoms with Gasteiger partial charge in [0, 0.05) is 11.9 Å². The maximum absolute atomic E-state index is 11.9. The number of hydrogen-bond acceptors (Lipinski definition) is 4. The molecule has 18 heavy (non-hydrogen) atoms.